The highest BCUT2D eigenvalue weighted by atomic mass is 19.1. The van der Waals surface area contributed by atoms with Gasteiger partial charge in [-0.1, -0.05) is 12.1 Å². The van der Waals surface area contributed by atoms with E-state index >= 15 is 0 Å². The molecule has 6 heteroatoms. The molecule has 0 unspecified atom stereocenters. The van der Waals surface area contributed by atoms with Gasteiger partial charge in [0.2, 0.25) is 0 Å². The lowest BCUT2D eigenvalue weighted by molar-refractivity contribution is 0.416. The Kier molecular flexibility index (Phi) is 3.27. The van der Waals surface area contributed by atoms with E-state index in [4.69, 9.17) is 10.5 Å². The van der Waals surface area contributed by atoms with Gasteiger partial charge < -0.3 is 15.8 Å². The second-order valence-corrected chi connectivity index (χ2v) is 3.51. The van der Waals surface area contributed by atoms with Crippen molar-refractivity contribution in [2.45, 2.75) is 0 Å². The van der Waals surface area contributed by atoms with E-state index < -0.39 is 11.6 Å². The van der Waals surface area contributed by atoms with E-state index in [1.54, 1.807) is 24.3 Å². The number of ether oxygens (including phenoxy) is 1. The number of benzene rings is 1. The number of nitrogen functional groups attached to an aromatic ring is 1. The molecule has 1 heterocycles. The van der Waals surface area contributed by atoms with Crippen LogP contribution in [0.2, 0.25) is 0 Å². The number of nitrogens with one attached hydrogen (secondary N) is 1. The van der Waals surface area contributed by atoms with Gasteiger partial charge in [-0.2, -0.15) is 0 Å². The minimum atomic E-state index is -0.891. The Balaban J connectivity index is 2.37. The molecular weight excluding hydrogens is 240 g/mol. The Morgan fingerprint density at radius 2 is 1.94 bits per heavy atom. The molecule has 0 atom stereocenters. The maximum absolute atomic E-state index is 13.5. The fourth-order valence-corrected chi connectivity index (χ4v) is 1.44. The van der Waals surface area contributed by atoms with E-state index in [9.17, 15) is 8.78 Å². The van der Waals surface area contributed by atoms with Crippen molar-refractivity contribution in [3.8, 4) is 5.75 Å². The third-order valence-corrected chi connectivity index (χ3v) is 2.32. The number of methoxy groups -OCH3 is 1. The summed E-state index contributed by atoms with van der Waals surface area (Å²) >= 11 is 0. The molecule has 0 spiro atoms. The van der Waals surface area contributed by atoms with Crippen molar-refractivity contribution < 1.29 is 13.5 Å². The fourth-order valence-electron chi connectivity index (χ4n) is 1.44. The third-order valence-electron chi connectivity index (χ3n) is 2.32. The molecule has 0 radical (unpaired) electrons. The number of rotatable bonds is 3. The van der Waals surface area contributed by atoms with Gasteiger partial charge in [0.1, 0.15) is 5.75 Å². The molecule has 0 bridgehead atoms. The molecular formula is C12H11F2N3O. The van der Waals surface area contributed by atoms with Crippen LogP contribution in [0.25, 0.3) is 0 Å². The first kappa shape index (κ1) is 12.1. The number of para-hydroxylation sites is 2. The van der Waals surface area contributed by atoms with E-state index in [-0.39, 0.29) is 11.6 Å². The molecule has 0 aliphatic rings. The summed E-state index contributed by atoms with van der Waals surface area (Å²) in [5, 5.41) is 2.70. The lowest BCUT2D eigenvalue weighted by Crippen LogP contribution is -2.03. The predicted octanol–water partition coefficient (Wildman–Crippen LogP) is 2.69. The van der Waals surface area contributed by atoms with Gasteiger partial charge in [0.25, 0.3) is 0 Å². The van der Waals surface area contributed by atoms with E-state index in [1.165, 1.54) is 7.11 Å². The van der Waals surface area contributed by atoms with Crippen LogP contribution in [0, 0.1) is 11.6 Å². The van der Waals surface area contributed by atoms with Gasteiger partial charge in [0.15, 0.2) is 23.3 Å². The van der Waals surface area contributed by atoms with Crippen LogP contribution in [0.15, 0.2) is 30.3 Å². The first-order chi connectivity index (χ1) is 8.61. The minimum absolute atomic E-state index is 0.154. The van der Waals surface area contributed by atoms with Crippen molar-refractivity contribution in [3.05, 3.63) is 42.0 Å². The molecule has 4 nitrogen and oxygen atoms in total. The van der Waals surface area contributed by atoms with Gasteiger partial charge in [0.05, 0.1) is 12.8 Å². The maximum atomic E-state index is 13.5. The molecule has 1 aromatic carbocycles. The first-order valence-corrected chi connectivity index (χ1v) is 5.13. The van der Waals surface area contributed by atoms with Crippen molar-refractivity contribution in [1.82, 2.24) is 4.98 Å². The Bertz CT molecular complexity index is 575. The highest BCUT2D eigenvalue weighted by molar-refractivity contribution is 5.65. The summed E-state index contributed by atoms with van der Waals surface area (Å²) in [6, 6.07) is 7.58. The Morgan fingerprint density at radius 3 is 2.67 bits per heavy atom. The van der Waals surface area contributed by atoms with E-state index in [2.05, 4.69) is 10.3 Å². The van der Waals surface area contributed by atoms with Crippen molar-refractivity contribution in [2.75, 3.05) is 18.2 Å². The molecule has 2 aromatic rings. The number of hydrogen-bond acceptors (Lipinski definition) is 4. The lowest BCUT2D eigenvalue weighted by Gasteiger charge is -2.11. The van der Waals surface area contributed by atoms with Crippen LogP contribution in [-0.4, -0.2) is 12.1 Å². The Morgan fingerprint density at radius 1 is 1.22 bits per heavy atom. The number of pyridine rings is 1. The molecule has 0 saturated heterocycles. The van der Waals surface area contributed by atoms with Crippen LogP contribution in [0.3, 0.4) is 0 Å². The molecule has 0 saturated carbocycles. The maximum Gasteiger partial charge on any atom is 0.169 e. The highest BCUT2D eigenvalue weighted by Gasteiger charge is 2.11. The summed E-state index contributed by atoms with van der Waals surface area (Å²) in [6.45, 7) is 0. The van der Waals surface area contributed by atoms with E-state index in [1.807, 2.05) is 0 Å². The zero-order valence-electron chi connectivity index (χ0n) is 9.58. The summed E-state index contributed by atoms with van der Waals surface area (Å²) in [6.07, 6.45) is 0. The normalized spacial score (nSPS) is 10.2. The highest BCUT2D eigenvalue weighted by Crippen LogP contribution is 2.28. The second kappa shape index (κ2) is 4.87. The topological polar surface area (TPSA) is 60.2 Å². The van der Waals surface area contributed by atoms with Crippen molar-refractivity contribution >= 4 is 17.3 Å². The monoisotopic (exact) mass is 251 g/mol. The van der Waals surface area contributed by atoms with Crippen LogP contribution >= 0.6 is 0 Å². The smallest absolute Gasteiger partial charge is 0.169 e. The summed E-state index contributed by atoms with van der Waals surface area (Å²) < 4.78 is 31.5. The molecule has 2 rings (SSSR count). The van der Waals surface area contributed by atoms with E-state index in [0.29, 0.717) is 17.5 Å². The Labute approximate surface area is 102 Å². The SMILES string of the molecule is COc1ccccc1Nc1nc(N)c(F)cc1F. The summed E-state index contributed by atoms with van der Waals surface area (Å²) in [4.78, 5) is 3.60. The third kappa shape index (κ3) is 2.32. The molecule has 94 valence electrons. The number of halogens is 2. The fraction of sp³-hybridized carbons (Fsp3) is 0.0833. The average molecular weight is 251 g/mol. The molecule has 1 aromatic heterocycles. The molecule has 0 amide bonds. The van der Waals surface area contributed by atoms with Gasteiger partial charge in [-0.05, 0) is 12.1 Å². The number of hydrogen-bond donors (Lipinski definition) is 2. The number of aromatic nitrogens is 1. The van der Waals surface area contributed by atoms with Crippen molar-refractivity contribution in [1.29, 1.82) is 0 Å². The summed E-state index contributed by atoms with van der Waals surface area (Å²) in [5.41, 5.74) is 5.80. The number of nitrogens with two attached hydrogens (primary N) is 1. The number of anilines is 3. The van der Waals surface area contributed by atoms with Gasteiger partial charge in [0, 0.05) is 6.07 Å². The van der Waals surface area contributed by atoms with E-state index in [0.717, 1.165) is 0 Å². The summed E-state index contributed by atoms with van der Waals surface area (Å²) in [5.74, 6) is -1.72. The van der Waals surface area contributed by atoms with Crippen molar-refractivity contribution in [2.24, 2.45) is 0 Å². The Hall–Kier alpha value is -2.37. The zero-order chi connectivity index (χ0) is 13.1. The minimum Gasteiger partial charge on any atom is -0.495 e. The van der Waals surface area contributed by atoms with Crippen LogP contribution in [0.4, 0.5) is 26.1 Å². The second-order valence-electron chi connectivity index (χ2n) is 3.51. The van der Waals surface area contributed by atoms with Crippen LogP contribution in [-0.2, 0) is 0 Å². The molecule has 0 aliphatic heterocycles. The van der Waals surface area contributed by atoms with Gasteiger partial charge in [-0.15, -0.1) is 0 Å². The average Bonchev–Trinajstić information content (AvgIpc) is 2.36. The predicted molar refractivity (Wildman–Crippen MR) is 64.8 cm³/mol. The largest absolute Gasteiger partial charge is 0.495 e. The quantitative estimate of drug-likeness (QED) is 0.880. The van der Waals surface area contributed by atoms with Crippen LogP contribution in [0.5, 0.6) is 5.75 Å². The standard InChI is InChI=1S/C12H11F2N3O/c1-18-10-5-3-2-4-9(10)16-12-8(14)6-7(13)11(15)17-12/h2-6H,1H3,(H3,15,16,17). The van der Waals surface area contributed by atoms with Gasteiger partial charge >= 0.3 is 0 Å². The molecule has 0 aliphatic carbocycles. The lowest BCUT2D eigenvalue weighted by atomic mass is 10.3. The molecule has 0 fully saturated rings. The van der Waals surface area contributed by atoms with Gasteiger partial charge in [-0.3, -0.25) is 0 Å². The molecule has 18 heavy (non-hydrogen) atoms. The molecule has 3 N–H and O–H groups in total. The van der Waals surface area contributed by atoms with Crippen LogP contribution in [0.1, 0.15) is 0 Å². The van der Waals surface area contributed by atoms with Crippen molar-refractivity contribution in [3.63, 3.8) is 0 Å². The zero-order valence-corrected chi connectivity index (χ0v) is 9.58. The first-order valence-electron chi connectivity index (χ1n) is 5.13. The van der Waals surface area contributed by atoms with Crippen LogP contribution < -0.4 is 15.8 Å². The van der Waals surface area contributed by atoms with Gasteiger partial charge in [-0.25, -0.2) is 13.8 Å². The summed E-state index contributed by atoms with van der Waals surface area (Å²) in [7, 11) is 1.49. The number of nitrogens with zero attached hydrogens (tertiary/aromatic N) is 1.